The molecule has 0 radical (unpaired) electrons. The molecule has 1 heterocycles. The van der Waals surface area contributed by atoms with Gasteiger partial charge in [-0.3, -0.25) is 4.79 Å². The topological polar surface area (TPSA) is 93.8 Å². The van der Waals surface area contributed by atoms with E-state index in [1.807, 2.05) is 13.8 Å². The maximum absolute atomic E-state index is 11.1. The zero-order valence-electron chi connectivity index (χ0n) is 10.8. The van der Waals surface area contributed by atoms with Gasteiger partial charge in [-0.15, -0.1) is 5.10 Å². The SMILES string of the molecule is Cc1nnc(NC2CCC(C(N)=O)CC2)nc1C. The first kappa shape index (κ1) is 12.7. The summed E-state index contributed by atoms with van der Waals surface area (Å²) in [6.07, 6.45) is 3.52. The number of nitrogens with zero attached hydrogens (tertiary/aromatic N) is 3. The number of anilines is 1. The minimum absolute atomic E-state index is 0.0295. The first-order valence-corrected chi connectivity index (χ1v) is 6.30. The average Bonchev–Trinajstić information content (AvgIpc) is 2.34. The van der Waals surface area contributed by atoms with Gasteiger partial charge in [0.15, 0.2) is 0 Å². The number of rotatable bonds is 3. The van der Waals surface area contributed by atoms with Gasteiger partial charge in [-0.05, 0) is 39.5 Å². The number of primary amides is 1. The lowest BCUT2D eigenvalue weighted by atomic mass is 9.86. The molecule has 0 bridgehead atoms. The van der Waals surface area contributed by atoms with Crippen molar-refractivity contribution < 1.29 is 4.79 Å². The third-order valence-corrected chi connectivity index (χ3v) is 3.55. The van der Waals surface area contributed by atoms with Crippen LogP contribution < -0.4 is 11.1 Å². The molecule has 0 aliphatic heterocycles. The largest absolute Gasteiger partial charge is 0.369 e. The number of aryl methyl sites for hydroxylation is 2. The molecule has 0 unspecified atom stereocenters. The Morgan fingerprint density at radius 3 is 2.39 bits per heavy atom. The van der Waals surface area contributed by atoms with Crippen molar-refractivity contribution in [2.24, 2.45) is 11.7 Å². The molecule has 6 nitrogen and oxygen atoms in total. The van der Waals surface area contributed by atoms with Crippen molar-refractivity contribution >= 4 is 11.9 Å². The Balaban J connectivity index is 1.91. The monoisotopic (exact) mass is 249 g/mol. The third-order valence-electron chi connectivity index (χ3n) is 3.55. The molecule has 18 heavy (non-hydrogen) atoms. The Morgan fingerprint density at radius 2 is 1.83 bits per heavy atom. The van der Waals surface area contributed by atoms with Crippen molar-refractivity contribution in [3.8, 4) is 0 Å². The van der Waals surface area contributed by atoms with Gasteiger partial charge in [-0.2, -0.15) is 5.10 Å². The molecule has 98 valence electrons. The van der Waals surface area contributed by atoms with Crippen LogP contribution >= 0.6 is 0 Å². The predicted octanol–water partition coefficient (Wildman–Crippen LogP) is 0.944. The Kier molecular flexibility index (Phi) is 3.74. The number of carbonyl (C=O) groups excluding carboxylic acids is 1. The summed E-state index contributed by atoms with van der Waals surface area (Å²) in [5.74, 6) is 0.417. The second-order valence-corrected chi connectivity index (χ2v) is 4.90. The average molecular weight is 249 g/mol. The fraction of sp³-hybridized carbons (Fsp3) is 0.667. The van der Waals surface area contributed by atoms with E-state index in [9.17, 15) is 4.79 Å². The van der Waals surface area contributed by atoms with Gasteiger partial charge in [-0.25, -0.2) is 4.98 Å². The number of carbonyl (C=O) groups is 1. The Labute approximate surface area is 106 Å². The highest BCUT2D eigenvalue weighted by molar-refractivity contribution is 5.76. The molecule has 2 rings (SSSR count). The molecule has 6 heteroatoms. The molecule has 1 amide bonds. The molecule has 1 aromatic heterocycles. The quantitative estimate of drug-likeness (QED) is 0.831. The van der Waals surface area contributed by atoms with E-state index in [1.54, 1.807) is 0 Å². The van der Waals surface area contributed by atoms with Crippen LogP contribution in [-0.2, 0) is 4.79 Å². The van der Waals surface area contributed by atoms with Gasteiger partial charge >= 0.3 is 0 Å². The van der Waals surface area contributed by atoms with E-state index >= 15 is 0 Å². The lowest BCUT2D eigenvalue weighted by molar-refractivity contribution is -0.122. The van der Waals surface area contributed by atoms with Crippen LogP contribution in [0.1, 0.15) is 37.1 Å². The van der Waals surface area contributed by atoms with Crippen LogP contribution in [0.25, 0.3) is 0 Å². The minimum atomic E-state index is -0.183. The van der Waals surface area contributed by atoms with Gasteiger partial charge in [0, 0.05) is 12.0 Å². The first-order chi connectivity index (χ1) is 8.56. The Morgan fingerprint density at radius 1 is 1.17 bits per heavy atom. The van der Waals surface area contributed by atoms with E-state index in [-0.39, 0.29) is 11.8 Å². The smallest absolute Gasteiger partial charge is 0.243 e. The molecule has 0 aromatic carbocycles. The number of nitrogens with two attached hydrogens (primary N) is 1. The van der Waals surface area contributed by atoms with E-state index in [2.05, 4.69) is 20.5 Å². The van der Waals surface area contributed by atoms with Crippen molar-refractivity contribution in [3.63, 3.8) is 0 Å². The first-order valence-electron chi connectivity index (χ1n) is 6.30. The number of aromatic nitrogens is 3. The molecule has 1 aromatic rings. The van der Waals surface area contributed by atoms with Crippen LogP contribution in [0.2, 0.25) is 0 Å². The molecule has 1 aliphatic rings. The summed E-state index contributed by atoms with van der Waals surface area (Å²) >= 11 is 0. The predicted molar refractivity (Wildman–Crippen MR) is 67.9 cm³/mol. The maximum Gasteiger partial charge on any atom is 0.243 e. The normalized spacial score (nSPS) is 23.7. The van der Waals surface area contributed by atoms with Crippen LogP contribution in [0.5, 0.6) is 0 Å². The van der Waals surface area contributed by atoms with Gasteiger partial charge in [-0.1, -0.05) is 0 Å². The van der Waals surface area contributed by atoms with Crippen molar-refractivity contribution in [2.45, 2.75) is 45.6 Å². The summed E-state index contributed by atoms with van der Waals surface area (Å²) in [6.45, 7) is 3.80. The van der Waals surface area contributed by atoms with Crippen LogP contribution in [-0.4, -0.2) is 27.1 Å². The summed E-state index contributed by atoms with van der Waals surface area (Å²) in [7, 11) is 0. The van der Waals surface area contributed by atoms with Gasteiger partial charge in [0.05, 0.1) is 11.4 Å². The van der Waals surface area contributed by atoms with Gasteiger partial charge < -0.3 is 11.1 Å². The molecule has 3 N–H and O–H groups in total. The van der Waals surface area contributed by atoms with Crippen LogP contribution in [0.15, 0.2) is 0 Å². The molecule has 0 spiro atoms. The van der Waals surface area contributed by atoms with Crippen LogP contribution in [0.4, 0.5) is 5.95 Å². The molecular formula is C12H19N5O. The van der Waals surface area contributed by atoms with Gasteiger partial charge in [0.2, 0.25) is 11.9 Å². The van der Waals surface area contributed by atoms with E-state index in [1.165, 1.54) is 0 Å². The van der Waals surface area contributed by atoms with Crippen LogP contribution in [0.3, 0.4) is 0 Å². The number of hydrogen-bond acceptors (Lipinski definition) is 5. The zero-order valence-corrected chi connectivity index (χ0v) is 10.8. The second kappa shape index (κ2) is 5.29. The van der Waals surface area contributed by atoms with E-state index in [4.69, 9.17) is 5.73 Å². The summed E-state index contributed by atoms with van der Waals surface area (Å²) in [6, 6.07) is 0.310. The standard InChI is InChI=1S/C12H19N5O/c1-7-8(2)16-17-12(14-7)15-10-5-3-9(4-6-10)11(13)18/h9-10H,3-6H2,1-2H3,(H2,13,18)(H,14,15,17). The lowest BCUT2D eigenvalue weighted by Gasteiger charge is -2.27. The summed E-state index contributed by atoms with van der Waals surface area (Å²) < 4.78 is 0. The maximum atomic E-state index is 11.1. The van der Waals surface area contributed by atoms with Crippen molar-refractivity contribution in [2.75, 3.05) is 5.32 Å². The fourth-order valence-electron chi connectivity index (χ4n) is 2.22. The number of hydrogen-bond donors (Lipinski definition) is 2. The minimum Gasteiger partial charge on any atom is -0.369 e. The van der Waals surface area contributed by atoms with E-state index < -0.39 is 0 Å². The van der Waals surface area contributed by atoms with Gasteiger partial charge in [0.1, 0.15) is 0 Å². The molecule has 0 atom stereocenters. The van der Waals surface area contributed by atoms with Crippen molar-refractivity contribution in [1.29, 1.82) is 0 Å². The summed E-state index contributed by atoms with van der Waals surface area (Å²) in [5, 5.41) is 11.3. The van der Waals surface area contributed by atoms with E-state index in [0.29, 0.717) is 12.0 Å². The van der Waals surface area contributed by atoms with E-state index in [0.717, 1.165) is 37.1 Å². The van der Waals surface area contributed by atoms with Gasteiger partial charge in [0.25, 0.3) is 0 Å². The molecule has 1 fully saturated rings. The second-order valence-electron chi connectivity index (χ2n) is 4.90. The number of amides is 1. The molecule has 1 saturated carbocycles. The highest BCUT2D eigenvalue weighted by Crippen LogP contribution is 2.25. The Hall–Kier alpha value is -1.72. The number of nitrogens with one attached hydrogen (secondary N) is 1. The Bertz CT molecular complexity index is 440. The molecular weight excluding hydrogens is 230 g/mol. The molecule has 1 aliphatic carbocycles. The zero-order chi connectivity index (χ0) is 13.1. The van der Waals surface area contributed by atoms with Crippen molar-refractivity contribution in [1.82, 2.24) is 15.2 Å². The highest BCUT2D eigenvalue weighted by atomic mass is 16.1. The van der Waals surface area contributed by atoms with Crippen LogP contribution in [0, 0.1) is 19.8 Å². The molecule has 0 saturated heterocycles. The summed E-state index contributed by atoms with van der Waals surface area (Å²) in [4.78, 5) is 15.4. The summed E-state index contributed by atoms with van der Waals surface area (Å²) in [5.41, 5.74) is 7.04. The van der Waals surface area contributed by atoms with Crippen molar-refractivity contribution in [3.05, 3.63) is 11.4 Å². The third kappa shape index (κ3) is 2.94. The lowest BCUT2D eigenvalue weighted by Crippen LogP contribution is -2.33. The highest BCUT2D eigenvalue weighted by Gasteiger charge is 2.25. The fourth-order valence-corrected chi connectivity index (χ4v) is 2.22.